The summed E-state index contributed by atoms with van der Waals surface area (Å²) < 4.78 is 0. The van der Waals surface area contributed by atoms with Crippen molar-refractivity contribution in [2.45, 2.75) is 6.92 Å². The summed E-state index contributed by atoms with van der Waals surface area (Å²) >= 11 is 0. The van der Waals surface area contributed by atoms with Crippen molar-refractivity contribution in [3.63, 3.8) is 0 Å². The number of carbonyl (C=O) groups excluding carboxylic acids is 1. The molecular weight excluding hydrogens is 265 g/mol. The Morgan fingerprint density at radius 2 is 1.91 bits per heavy atom. The molecule has 0 fully saturated rings. The van der Waals surface area contributed by atoms with Crippen LogP contribution in [0, 0.1) is 6.92 Å². The first-order valence-corrected chi connectivity index (χ1v) is 2.99. The minimum atomic E-state index is -1.11. The Hall–Kier alpha value is 0.261. The van der Waals surface area contributed by atoms with Gasteiger partial charge in [0.05, 0.1) is 5.97 Å². The van der Waals surface area contributed by atoms with Gasteiger partial charge in [-0.05, 0) is 12.5 Å². The van der Waals surface area contributed by atoms with Crippen LogP contribution in [0.15, 0.2) is 24.3 Å². The molecule has 0 aliphatic rings. The van der Waals surface area contributed by atoms with Gasteiger partial charge in [0.15, 0.2) is 0 Å². The van der Waals surface area contributed by atoms with Crippen molar-refractivity contribution in [3.8, 4) is 0 Å². The molecule has 0 unspecified atom stereocenters. The number of hydrogen-bond donors (Lipinski definition) is 0. The van der Waals surface area contributed by atoms with Crippen LogP contribution < -0.4 is 5.11 Å². The van der Waals surface area contributed by atoms with E-state index in [0.717, 1.165) is 5.56 Å². The molecule has 11 heavy (non-hydrogen) atoms. The van der Waals surface area contributed by atoms with Crippen LogP contribution in [-0.2, 0) is 0 Å². The molecule has 0 saturated heterocycles. The molecule has 0 N–H and O–H groups in total. The molecule has 1 rings (SSSR count). The second kappa shape index (κ2) is 5.00. The fourth-order valence-electron chi connectivity index (χ4n) is 0.802. The number of carboxylic acid groups (broad SMARTS) is 1. The molecule has 0 aliphatic carbocycles. The van der Waals surface area contributed by atoms with Crippen molar-refractivity contribution in [3.05, 3.63) is 35.4 Å². The second-order valence-corrected chi connectivity index (χ2v) is 2.10. The molecule has 52 valence electrons. The van der Waals surface area contributed by atoms with Crippen LogP contribution in [0.2, 0.25) is 0 Å². The average molecular weight is 272 g/mol. The molecule has 0 amide bonds. The van der Waals surface area contributed by atoms with Crippen molar-refractivity contribution in [1.29, 1.82) is 0 Å². The fourth-order valence-corrected chi connectivity index (χ4v) is 0.802. The van der Waals surface area contributed by atoms with Gasteiger partial charge in [0, 0.05) is 5.56 Å². The van der Waals surface area contributed by atoms with E-state index in [0.29, 0.717) is 0 Å². The number of aryl methyl sites for hydroxylation is 1. The Balaban J connectivity index is 0.000001000. The first kappa shape index (κ1) is 11.3. The molecule has 3 heteroatoms. The van der Waals surface area contributed by atoms with Gasteiger partial charge >= 0.3 is 48.9 Å². The molecule has 0 aromatic heterocycles. The summed E-state index contributed by atoms with van der Waals surface area (Å²) in [5.41, 5.74) is 1.00. The first-order chi connectivity index (χ1) is 4.72. The van der Waals surface area contributed by atoms with Crippen LogP contribution >= 0.6 is 0 Å². The monoisotopic (exact) mass is 273 g/mol. The molecule has 0 heterocycles. The average Bonchev–Trinajstić information content (AvgIpc) is 1.88. The van der Waals surface area contributed by atoms with Gasteiger partial charge in [-0.1, -0.05) is 24.3 Å². The van der Waals surface area contributed by atoms with E-state index in [4.69, 9.17) is 0 Å². The van der Waals surface area contributed by atoms with Gasteiger partial charge in [-0.25, -0.2) is 0 Å². The minimum absolute atomic E-state index is 0. The Morgan fingerprint density at radius 3 is 2.27 bits per heavy atom. The van der Waals surface area contributed by atoms with Crippen LogP contribution in [0.25, 0.3) is 0 Å². The molecule has 1 aromatic rings. The van der Waals surface area contributed by atoms with Gasteiger partial charge in [0.2, 0.25) is 0 Å². The van der Waals surface area contributed by atoms with Crippen molar-refractivity contribution in [2.24, 2.45) is 0 Å². The summed E-state index contributed by atoms with van der Waals surface area (Å²) in [6, 6.07) is 6.75. The first-order valence-electron chi connectivity index (χ1n) is 2.99. The Morgan fingerprint density at radius 1 is 1.36 bits per heavy atom. The second-order valence-electron chi connectivity index (χ2n) is 2.10. The van der Waals surface area contributed by atoms with Crippen LogP contribution in [0.1, 0.15) is 15.9 Å². The SMILES string of the molecule is Cc1ccccc1C(=O)[O-].[Ba+2]. The van der Waals surface area contributed by atoms with E-state index in [-0.39, 0.29) is 54.4 Å². The Bertz CT molecular complexity index is 258. The smallest absolute Gasteiger partial charge is 0.545 e. The van der Waals surface area contributed by atoms with E-state index in [1.807, 2.05) is 0 Å². The topological polar surface area (TPSA) is 40.1 Å². The molecule has 0 bridgehead atoms. The van der Waals surface area contributed by atoms with Gasteiger partial charge in [-0.15, -0.1) is 0 Å². The standard InChI is InChI=1S/C8H8O2.Ba/c1-6-4-2-3-5-7(6)8(9)10;/h2-5H,1H3,(H,9,10);/q;+2/p-1. The number of carboxylic acids is 1. The summed E-state index contributed by atoms with van der Waals surface area (Å²) in [5, 5.41) is 10.3. The summed E-state index contributed by atoms with van der Waals surface area (Å²) in [4.78, 5) is 10.3. The molecule has 0 atom stereocenters. The van der Waals surface area contributed by atoms with E-state index in [2.05, 4.69) is 0 Å². The van der Waals surface area contributed by atoms with Crippen molar-refractivity contribution < 1.29 is 9.90 Å². The van der Waals surface area contributed by atoms with Gasteiger partial charge < -0.3 is 9.90 Å². The molecule has 1 aromatic carbocycles. The van der Waals surface area contributed by atoms with E-state index in [1.165, 1.54) is 6.07 Å². The van der Waals surface area contributed by atoms with Crippen LogP contribution in [0.5, 0.6) is 0 Å². The zero-order valence-corrected chi connectivity index (χ0v) is 10.8. The fraction of sp³-hybridized carbons (Fsp3) is 0.125. The van der Waals surface area contributed by atoms with Gasteiger partial charge in [0.25, 0.3) is 0 Å². The van der Waals surface area contributed by atoms with Crippen LogP contribution in [0.4, 0.5) is 0 Å². The quantitative estimate of drug-likeness (QED) is 0.674. The normalized spacial score (nSPS) is 8.45. The molecule has 2 nitrogen and oxygen atoms in total. The molecule has 0 saturated carbocycles. The number of carbonyl (C=O) groups is 1. The predicted molar refractivity (Wildman–Crippen MR) is 41.3 cm³/mol. The largest absolute Gasteiger partial charge is 2.00 e. The number of benzene rings is 1. The van der Waals surface area contributed by atoms with Gasteiger partial charge in [-0.2, -0.15) is 0 Å². The van der Waals surface area contributed by atoms with Crippen molar-refractivity contribution in [1.82, 2.24) is 0 Å². The minimum Gasteiger partial charge on any atom is -0.545 e. The van der Waals surface area contributed by atoms with E-state index < -0.39 is 5.97 Å². The number of aromatic carboxylic acids is 1. The van der Waals surface area contributed by atoms with E-state index >= 15 is 0 Å². The molecule has 0 aliphatic heterocycles. The van der Waals surface area contributed by atoms with Crippen molar-refractivity contribution in [2.75, 3.05) is 0 Å². The third-order valence-corrected chi connectivity index (χ3v) is 1.36. The van der Waals surface area contributed by atoms with Gasteiger partial charge in [-0.3, -0.25) is 0 Å². The summed E-state index contributed by atoms with van der Waals surface area (Å²) in [6.07, 6.45) is 0. The van der Waals surface area contributed by atoms with E-state index in [9.17, 15) is 9.90 Å². The Labute approximate surface area is 106 Å². The van der Waals surface area contributed by atoms with Gasteiger partial charge in [0.1, 0.15) is 0 Å². The summed E-state index contributed by atoms with van der Waals surface area (Å²) in [7, 11) is 0. The maximum atomic E-state index is 10.3. The third kappa shape index (κ3) is 3.01. The maximum absolute atomic E-state index is 10.3. The Kier molecular flexibility index (Phi) is 5.12. The molecule has 0 spiro atoms. The van der Waals surface area contributed by atoms with Crippen molar-refractivity contribution >= 4 is 54.9 Å². The summed E-state index contributed by atoms with van der Waals surface area (Å²) in [6.45, 7) is 1.74. The zero-order valence-electron chi connectivity index (χ0n) is 6.33. The zero-order chi connectivity index (χ0) is 7.56. The molecule has 0 radical (unpaired) electrons. The van der Waals surface area contributed by atoms with Crippen LogP contribution in [0.3, 0.4) is 0 Å². The third-order valence-electron chi connectivity index (χ3n) is 1.36. The predicted octanol–water partition coefficient (Wildman–Crippen LogP) is -0.0223. The van der Waals surface area contributed by atoms with Crippen LogP contribution in [-0.4, -0.2) is 54.9 Å². The number of hydrogen-bond acceptors (Lipinski definition) is 2. The van der Waals surface area contributed by atoms with E-state index in [1.54, 1.807) is 25.1 Å². The molecular formula is C8H7BaO2+. The summed E-state index contributed by atoms with van der Waals surface area (Å²) in [5.74, 6) is -1.11. The maximum Gasteiger partial charge on any atom is 2.00 e. The number of rotatable bonds is 1.